The molecule has 190 valence electrons. The number of fused-ring (bicyclic) bond motifs is 3. The summed E-state index contributed by atoms with van der Waals surface area (Å²) in [6.07, 6.45) is 10.1. The van der Waals surface area contributed by atoms with Gasteiger partial charge >= 0.3 is 0 Å². The number of allylic oxidation sites excluding steroid dienone is 5. The lowest BCUT2D eigenvalue weighted by molar-refractivity contribution is 1.39. The maximum absolute atomic E-state index is 4.11. The van der Waals surface area contributed by atoms with Gasteiger partial charge in [0.15, 0.2) is 0 Å². The molecule has 0 nitrogen and oxygen atoms in total. The third kappa shape index (κ3) is 4.82. The van der Waals surface area contributed by atoms with Gasteiger partial charge in [-0.15, -0.1) is 0 Å². The normalized spacial score (nSPS) is 12.1. The van der Waals surface area contributed by atoms with Crippen LogP contribution in [0, 0.1) is 13.8 Å². The molecule has 0 aliphatic heterocycles. The maximum Gasteiger partial charge on any atom is -0.00928 e. The molecule has 5 aromatic carbocycles. The molecule has 5 aromatic rings. The standard InChI is InChI=1S/C39H34/c1-7-14-30(23-28(6)29-20-19-27(5)38(24-29)34-16-11-10-15-26(34)4)31-21-22-37-33(9-3)32(8-2)35-17-12-13-18-36(35)39(37)25-31/h7-25H,1-3H2,4-6H3/b28-23+,30-14+. The Kier molecular flexibility index (Phi) is 7.30. The van der Waals surface area contributed by atoms with E-state index in [4.69, 9.17) is 0 Å². The first-order valence-electron chi connectivity index (χ1n) is 13.4. The van der Waals surface area contributed by atoms with Crippen LogP contribution in [0.2, 0.25) is 0 Å². The summed E-state index contributed by atoms with van der Waals surface area (Å²) in [7, 11) is 0. The van der Waals surface area contributed by atoms with Crippen LogP contribution >= 0.6 is 0 Å². The van der Waals surface area contributed by atoms with E-state index in [1.165, 1.54) is 54.9 Å². The fourth-order valence-corrected chi connectivity index (χ4v) is 5.57. The monoisotopic (exact) mass is 502 g/mol. The molecule has 0 saturated heterocycles. The van der Waals surface area contributed by atoms with E-state index in [0.29, 0.717) is 0 Å². The topological polar surface area (TPSA) is 0 Å². The van der Waals surface area contributed by atoms with Crippen molar-refractivity contribution >= 4 is 44.8 Å². The Morgan fingerprint density at radius 2 is 1.21 bits per heavy atom. The highest BCUT2D eigenvalue weighted by Gasteiger charge is 2.13. The van der Waals surface area contributed by atoms with Gasteiger partial charge in [0.1, 0.15) is 0 Å². The Morgan fingerprint density at radius 3 is 1.90 bits per heavy atom. The molecule has 0 bridgehead atoms. The van der Waals surface area contributed by atoms with Crippen LogP contribution in [0.5, 0.6) is 0 Å². The molecule has 0 heteroatoms. The van der Waals surface area contributed by atoms with Crippen molar-refractivity contribution in [3.63, 3.8) is 0 Å². The van der Waals surface area contributed by atoms with Crippen LogP contribution in [0.4, 0.5) is 0 Å². The molecule has 5 rings (SSSR count). The number of rotatable bonds is 7. The number of hydrogen-bond donors (Lipinski definition) is 0. The van der Waals surface area contributed by atoms with Crippen molar-refractivity contribution in [1.29, 1.82) is 0 Å². The maximum atomic E-state index is 4.11. The van der Waals surface area contributed by atoms with Gasteiger partial charge in [-0.1, -0.05) is 123 Å². The van der Waals surface area contributed by atoms with Crippen molar-refractivity contribution < 1.29 is 0 Å². The molecule has 0 fully saturated rings. The van der Waals surface area contributed by atoms with E-state index in [1.54, 1.807) is 0 Å². The number of aryl methyl sites for hydroxylation is 2. The zero-order chi connectivity index (χ0) is 27.5. The molecule has 0 spiro atoms. The highest BCUT2D eigenvalue weighted by atomic mass is 14.2. The second kappa shape index (κ2) is 11.0. The molecule has 0 radical (unpaired) electrons. The van der Waals surface area contributed by atoms with Crippen molar-refractivity contribution in [3.8, 4) is 11.1 Å². The first-order valence-corrected chi connectivity index (χ1v) is 13.4. The molecular weight excluding hydrogens is 468 g/mol. The molecule has 0 amide bonds. The predicted octanol–water partition coefficient (Wildman–Crippen LogP) is 11.2. The van der Waals surface area contributed by atoms with E-state index in [9.17, 15) is 0 Å². The van der Waals surface area contributed by atoms with Crippen LogP contribution in [0.15, 0.2) is 123 Å². The first kappa shape index (κ1) is 25.9. The summed E-state index contributed by atoms with van der Waals surface area (Å²) in [6.45, 7) is 18.8. The highest BCUT2D eigenvalue weighted by Crippen LogP contribution is 2.37. The molecule has 0 aliphatic carbocycles. The lowest BCUT2D eigenvalue weighted by atomic mass is 9.89. The Bertz CT molecular complexity index is 1820. The third-order valence-electron chi connectivity index (χ3n) is 7.65. The van der Waals surface area contributed by atoms with E-state index in [0.717, 1.165) is 22.3 Å². The first-order chi connectivity index (χ1) is 19.0. The number of hydrogen-bond acceptors (Lipinski definition) is 0. The molecule has 0 saturated carbocycles. The van der Waals surface area contributed by atoms with E-state index < -0.39 is 0 Å². The fraction of sp³-hybridized carbons (Fsp3) is 0.0769. The summed E-state index contributed by atoms with van der Waals surface area (Å²) in [5.74, 6) is 0. The predicted molar refractivity (Wildman–Crippen MR) is 175 cm³/mol. The van der Waals surface area contributed by atoms with Crippen molar-refractivity contribution in [1.82, 2.24) is 0 Å². The summed E-state index contributed by atoms with van der Waals surface area (Å²) in [4.78, 5) is 0. The minimum atomic E-state index is 1.12. The molecule has 0 atom stereocenters. The number of benzene rings is 5. The van der Waals surface area contributed by atoms with Crippen LogP contribution < -0.4 is 0 Å². The average Bonchev–Trinajstić information content (AvgIpc) is 2.96. The molecule has 0 N–H and O–H groups in total. The van der Waals surface area contributed by atoms with Gasteiger partial charge in [0.05, 0.1) is 0 Å². The van der Waals surface area contributed by atoms with Crippen LogP contribution in [0.3, 0.4) is 0 Å². The Balaban J connectivity index is 1.65. The van der Waals surface area contributed by atoms with E-state index in [-0.39, 0.29) is 0 Å². The van der Waals surface area contributed by atoms with Crippen molar-refractivity contribution in [3.05, 3.63) is 156 Å². The molecule has 0 aromatic heterocycles. The zero-order valence-corrected chi connectivity index (χ0v) is 23.1. The Labute approximate surface area is 232 Å². The summed E-state index contributed by atoms with van der Waals surface area (Å²) in [5, 5.41) is 4.80. The second-order valence-electron chi connectivity index (χ2n) is 10.1. The van der Waals surface area contributed by atoms with Gasteiger partial charge in [-0.05, 0) is 110 Å². The summed E-state index contributed by atoms with van der Waals surface area (Å²) < 4.78 is 0. The SMILES string of the molecule is C=C/C=C(\C=C(/C)c1ccc(C)c(-c2ccccc2C)c1)c1ccc2c(C=C)c(C=C)c3ccccc3c2c1. The van der Waals surface area contributed by atoms with Crippen molar-refractivity contribution in [2.45, 2.75) is 20.8 Å². The van der Waals surface area contributed by atoms with Gasteiger partial charge in [-0.25, -0.2) is 0 Å². The minimum absolute atomic E-state index is 1.12. The molecular formula is C39H34. The summed E-state index contributed by atoms with van der Waals surface area (Å²) in [6, 6.07) is 30.6. The van der Waals surface area contributed by atoms with Gasteiger partial charge < -0.3 is 0 Å². The van der Waals surface area contributed by atoms with E-state index in [2.05, 4.69) is 138 Å². The molecule has 0 aliphatic rings. The van der Waals surface area contributed by atoms with Crippen molar-refractivity contribution in [2.75, 3.05) is 0 Å². The van der Waals surface area contributed by atoms with Crippen LogP contribution in [-0.4, -0.2) is 0 Å². The van der Waals surface area contributed by atoms with Crippen LogP contribution in [0.25, 0.3) is 56.0 Å². The van der Waals surface area contributed by atoms with Gasteiger partial charge in [-0.2, -0.15) is 0 Å². The molecule has 0 unspecified atom stereocenters. The van der Waals surface area contributed by atoms with E-state index >= 15 is 0 Å². The summed E-state index contributed by atoms with van der Waals surface area (Å²) in [5.41, 5.74) is 12.1. The largest absolute Gasteiger partial charge is 0.0990 e. The van der Waals surface area contributed by atoms with Crippen molar-refractivity contribution in [2.24, 2.45) is 0 Å². The lowest BCUT2D eigenvalue weighted by Crippen LogP contribution is -1.92. The van der Waals surface area contributed by atoms with Crippen LogP contribution in [-0.2, 0) is 0 Å². The zero-order valence-electron chi connectivity index (χ0n) is 23.1. The third-order valence-corrected chi connectivity index (χ3v) is 7.65. The van der Waals surface area contributed by atoms with Crippen LogP contribution in [0.1, 0.15) is 40.3 Å². The Hall–Kier alpha value is -4.68. The Morgan fingerprint density at radius 1 is 0.590 bits per heavy atom. The van der Waals surface area contributed by atoms with Gasteiger partial charge in [0.25, 0.3) is 0 Å². The van der Waals surface area contributed by atoms with Gasteiger partial charge in [-0.3, -0.25) is 0 Å². The smallest absolute Gasteiger partial charge is 0.00928 e. The minimum Gasteiger partial charge on any atom is -0.0990 e. The fourth-order valence-electron chi connectivity index (χ4n) is 5.57. The summed E-state index contributed by atoms with van der Waals surface area (Å²) >= 11 is 0. The second-order valence-corrected chi connectivity index (χ2v) is 10.1. The highest BCUT2D eigenvalue weighted by molar-refractivity contribution is 6.15. The average molecular weight is 503 g/mol. The quantitative estimate of drug-likeness (QED) is 0.153. The molecule has 0 heterocycles. The molecule has 39 heavy (non-hydrogen) atoms. The van der Waals surface area contributed by atoms with Gasteiger partial charge in [0, 0.05) is 0 Å². The van der Waals surface area contributed by atoms with Gasteiger partial charge in [0.2, 0.25) is 0 Å². The van der Waals surface area contributed by atoms with E-state index in [1.807, 2.05) is 18.2 Å². The lowest BCUT2D eigenvalue weighted by Gasteiger charge is -2.15.